The third kappa shape index (κ3) is 4.44. The standard InChI is InChI=1S/C26H27FN4O3/c1-25(2,3)18-10-7-16(8-11-18)23(32)30-22-21(34-4)6-5-13-26(22,27)24(33)29-19-12-9-17-15-28-31-20(17)14-19/h5-15,22H,1-4H3,(H,28,31)(H,29,33)(H,30,32). The number of amides is 2. The predicted molar refractivity (Wildman–Crippen MR) is 129 cm³/mol. The highest BCUT2D eigenvalue weighted by molar-refractivity contribution is 6.02. The second-order valence-electron chi connectivity index (χ2n) is 9.26. The van der Waals surface area contributed by atoms with Crippen LogP contribution in [0.1, 0.15) is 36.7 Å². The lowest BCUT2D eigenvalue weighted by Gasteiger charge is -2.33. The number of hydrogen-bond acceptors (Lipinski definition) is 4. The Labute approximate surface area is 197 Å². The minimum atomic E-state index is -2.58. The zero-order chi connectivity index (χ0) is 24.5. The number of alkyl halides is 1. The second-order valence-corrected chi connectivity index (χ2v) is 9.26. The first-order chi connectivity index (χ1) is 16.1. The summed E-state index contributed by atoms with van der Waals surface area (Å²) in [6.07, 6.45) is 5.69. The molecule has 1 heterocycles. The molecule has 0 fully saturated rings. The molecule has 3 aromatic rings. The Bertz CT molecular complexity index is 1290. The number of ether oxygens (including phenoxy) is 1. The van der Waals surface area contributed by atoms with Gasteiger partial charge >= 0.3 is 0 Å². The van der Waals surface area contributed by atoms with Crippen LogP contribution in [0.5, 0.6) is 0 Å². The van der Waals surface area contributed by atoms with Crippen LogP contribution in [0.2, 0.25) is 0 Å². The molecule has 4 rings (SSSR count). The molecule has 2 amide bonds. The van der Waals surface area contributed by atoms with Crippen molar-refractivity contribution in [2.24, 2.45) is 0 Å². The van der Waals surface area contributed by atoms with Gasteiger partial charge in [0.05, 0.1) is 18.8 Å². The Kier molecular flexibility index (Phi) is 6.00. The average Bonchev–Trinajstić information content (AvgIpc) is 3.27. The monoisotopic (exact) mass is 462 g/mol. The molecule has 0 saturated heterocycles. The Hall–Kier alpha value is -3.94. The van der Waals surface area contributed by atoms with E-state index in [0.29, 0.717) is 16.8 Å². The van der Waals surface area contributed by atoms with Crippen molar-refractivity contribution in [3.05, 3.63) is 83.8 Å². The molecule has 34 heavy (non-hydrogen) atoms. The van der Waals surface area contributed by atoms with Crippen LogP contribution in [0.25, 0.3) is 10.9 Å². The van der Waals surface area contributed by atoms with Crippen LogP contribution in [0.3, 0.4) is 0 Å². The van der Waals surface area contributed by atoms with Crippen molar-refractivity contribution in [2.45, 2.75) is 37.9 Å². The number of aromatic amines is 1. The molecule has 176 valence electrons. The highest BCUT2D eigenvalue weighted by Gasteiger charge is 2.49. The molecule has 8 heteroatoms. The van der Waals surface area contributed by atoms with Crippen molar-refractivity contribution in [1.82, 2.24) is 15.5 Å². The van der Waals surface area contributed by atoms with E-state index < -0.39 is 23.5 Å². The molecule has 2 aromatic carbocycles. The Balaban J connectivity index is 1.57. The van der Waals surface area contributed by atoms with Gasteiger partial charge in [-0.25, -0.2) is 4.39 Å². The number of carbonyl (C=O) groups excluding carboxylic acids is 2. The number of allylic oxidation sites excluding steroid dienone is 2. The van der Waals surface area contributed by atoms with Gasteiger partial charge in [-0.2, -0.15) is 5.10 Å². The van der Waals surface area contributed by atoms with Crippen molar-refractivity contribution >= 4 is 28.4 Å². The van der Waals surface area contributed by atoms with Crippen LogP contribution in [0.4, 0.5) is 10.1 Å². The summed E-state index contributed by atoms with van der Waals surface area (Å²) in [5.41, 5.74) is -0.139. The summed E-state index contributed by atoms with van der Waals surface area (Å²) in [4.78, 5) is 26.1. The van der Waals surface area contributed by atoms with Gasteiger partial charge in [-0.05, 0) is 53.5 Å². The zero-order valence-corrected chi connectivity index (χ0v) is 19.5. The number of rotatable bonds is 5. The van der Waals surface area contributed by atoms with E-state index in [1.54, 1.807) is 36.5 Å². The maximum Gasteiger partial charge on any atom is 0.268 e. The van der Waals surface area contributed by atoms with Crippen LogP contribution in [-0.2, 0) is 14.9 Å². The molecule has 1 aromatic heterocycles. The smallest absolute Gasteiger partial charge is 0.268 e. The number of H-pyrrole nitrogens is 1. The molecule has 3 N–H and O–H groups in total. The number of methoxy groups -OCH3 is 1. The maximum absolute atomic E-state index is 16.2. The molecule has 0 aliphatic heterocycles. The van der Waals surface area contributed by atoms with E-state index in [9.17, 15) is 9.59 Å². The van der Waals surface area contributed by atoms with Crippen LogP contribution in [-0.4, -0.2) is 40.8 Å². The van der Waals surface area contributed by atoms with Gasteiger partial charge in [0.25, 0.3) is 11.8 Å². The van der Waals surface area contributed by atoms with Crippen molar-refractivity contribution in [1.29, 1.82) is 0 Å². The SMILES string of the molecule is COC1=CC=CC(F)(C(=O)Nc2ccc3cn[nH]c3c2)C1NC(=O)c1ccc(C(C)(C)C)cc1. The highest BCUT2D eigenvalue weighted by atomic mass is 19.1. The van der Waals surface area contributed by atoms with E-state index in [2.05, 4.69) is 41.6 Å². The lowest BCUT2D eigenvalue weighted by Crippen LogP contribution is -2.57. The summed E-state index contributed by atoms with van der Waals surface area (Å²) in [5.74, 6) is -1.32. The van der Waals surface area contributed by atoms with Gasteiger partial charge in [0.1, 0.15) is 11.8 Å². The largest absolute Gasteiger partial charge is 0.499 e. The van der Waals surface area contributed by atoms with Crippen LogP contribution in [0.15, 0.2) is 72.6 Å². The minimum absolute atomic E-state index is 0.0689. The number of nitrogens with zero attached hydrogens (tertiary/aromatic N) is 1. The topological polar surface area (TPSA) is 96.1 Å². The fraction of sp³-hybridized carbons (Fsp3) is 0.269. The summed E-state index contributed by atoms with van der Waals surface area (Å²) in [6.45, 7) is 6.23. The molecule has 2 unspecified atom stereocenters. The van der Waals surface area contributed by atoms with Crippen LogP contribution < -0.4 is 10.6 Å². The van der Waals surface area contributed by atoms with Crippen molar-refractivity contribution in [2.75, 3.05) is 12.4 Å². The van der Waals surface area contributed by atoms with Crippen molar-refractivity contribution < 1.29 is 18.7 Å². The van der Waals surface area contributed by atoms with E-state index in [0.717, 1.165) is 17.0 Å². The van der Waals surface area contributed by atoms with E-state index in [1.807, 2.05) is 12.1 Å². The first-order valence-corrected chi connectivity index (χ1v) is 10.9. The zero-order valence-electron chi connectivity index (χ0n) is 19.5. The highest BCUT2D eigenvalue weighted by Crippen LogP contribution is 2.31. The fourth-order valence-corrected chi connectivity index (χ4v) is 3.83. The minimum Gasteiger partial charge on any atom is -0.499 e. The summed E-state index contributed by atoms with van der Waals surface area (Å²) >= 11 is 0. The molecule has 2 atom stereocenters. The Morgan fingerprint density at radius 2 is 1.88 bits per heavy atom. The third-order valence-electron chi connectivity index (χ3n) is 5.88. The van der Waals surface area contributed by atoms with E-state index in [1.165, 1.54) is 19.3 Å². The molecular weight excluding hydrogens is 435 g/mol. The molecule has 1 aliphatic carbocycles. The summed E-state index contributed by atoms with van der Waals surface area (Å²) < 4.78 is 21.6. The van der Waals surface area contributed by atoms with Crippen LogP contribution in [0, 0.1) is 0 Å². The number of anilines is 1. The number of nitrogens with one attached hydrogen (secondary N) is 3. The van der Waals surface area contributed by atoms with Gasteiger partial charge in [0, 0.05) is 16.6 Å². The van der Waals surface area contributed by atoms with Gasteiger partial charge < -0.3 is 15.4 Å². The lowest BCUT2D eigenvalue weighted by molar-refractivity contribution is -0.126. The Morgan fingerprint density at radius 1 is 1.15 bits per heavy atom. The van der Waals surface area contributed by atoms with Crippen molar-refractivity contribution in [3.8, 4) is 0 Å². The second kappa shape index (κ2) is 8.78. The normalized spacial score (nSPS) is 20.0. The number of hydrogen-bond donors (Lipinski definition) is 3. The summed E-state index contributed by atoms with van der Waals surface area (Å²) in [5, 5.41) is 12.9. The predicted octanol–water partition coefficient (Wildman–Crippen LogP) is 4.41. The molecule has 0 spiro atoms. The number of halogens is 1. The molecule has 1 aliphatic rings. The quantitative estimate of drug-likeness (QED) is 0.524. The van der Waals surface area contributed by atoms with Crippen LogP contribution >= 0.6 is 0 Å². The van der Waals surface area contributed by atoms with Crippen molar-refractivity contribution in [3.63, 3.8) is 0 Å². The molecule has 7 nitrogen and oxygen atoms in total. The first-order valence-electron chi connectivity index (χ1n) is 10.9. The molecule has 0 saturated carbocycles. The first kappa shape index (κ1) is 23.2. The molecule has 0 bridgehead atoms. The Morgan fingerprint density at radius 3 is 2.56 bits per heavy atom. The molecule has 0 radical (unpaired) electrons. The van der Waals surface area contributed by atoms with E-state index in [-0.39, 0.29) is 11.2 Å². The van der Waals surface area contributed by atoms with E-state index >= 15 is 4.39 Å². The van der Waals surface area contributed by atoms with Gasteiger partial charge in [-0.1, -0.05) is 39.0 Å². The van der Waals surface area contributed by atoms with Gasteiger partial charge in [-0.15, -0.1) is 0 Å². The van der Waals surface area contributed by atoms with Gasteiger partial charge in [0.2, 0.25) is 5.67 Å². The third-order valence-corrected chi connectivity index (χ3v) is 5.88. The van der Waals surface area contributed by atoms with E-state index in [4.69, 9.17) is 4.74 Å². The number of benzene rings is 2. The number of aromatic nitrogens is 2. The van der Waals surface area contributed by atoms with Gasteiger partial charge in [0.15, 0.2) is 0 Å². The number of fused-ring (bicyclic) bond motifs is 1. The summed E-state index contributed by atoms with van der Waals surface area (Å²) in [7, 11) is 1.37. The summed E-state index contributed by atoms with van der Waals surface area (Å²) in [6, 6.07) is 10.8. The molecular formula is C26H27FN4O3. The van der Waals surface area contributed by atoms with Gasteiger partial charge in [-0.3, -0.25) is 14.7 Å². The average molecular weight is 463 g/mol. The maximum atomic E-state index is 16.2. The number of carbonyl (C=O) groups is 2. The fourth-order valence-electron chi connectivity index (χ4n) is 3.83. The lowest BCUT2D eigenvalue weighted by atomic mass is 9.86.